The van der Waals surface area contributed by atoms with Crippen LogP contribution in [-0.2, 0) is 17.7 Å². The number of aryl methyl sites for hydroxylation is 2. The number of benzene rings is 2. The van der Waals surface area contributed by atoms with Crippen molar-refractivity contribution in [1.82, 2.24) is 15.1 Å². The molecule has 1 aliphatic rings. The first-order valence-electron chi connectivity index (χ1n) is 9.57. The molecule has 7 nitrogen and oxygen atoms in total. The summed E-state index contributed by atoms with van der Waals surface area (Å²) in [5.41, 5.74) is 2.75. The molecular weight excluding hydrogens is 368 g/mol. The molecule has 2 aromatic carbocycles. The Morgan fingerprint density at radius 2 is 1.83 bits per heavy atom. The second-order valence-corrected chi connectivity index (χ2v) is 6.91. The van der Waals surface area contributed by atoms with Crippen LogP contribution in [0, 0.1) is 0 Å². The number of hydrogen-bond donors (Lipinski definition) is 2. The van der Waals surface area contributed by atoms with Crippen LogP contribution >= 0.6 is 0 Å². The molecule has 7 heteroatoms. The maximum atomic E-state index is 12.6. The zero-order chi connectivity index (χ0) is 20.1. The fraction of sp³-hybridized carbons (Fsp3) is 0.227. The van der Waals surface area contributed by atoms with Crippen molar-refractivity contribution in [2.24, 2.45) is 0 Å². The van der Waals surface area contributed by atoms with E-state index in [1.807, 2.05) is 30.5 Å². The van der Waals surface area contributed by atoms with Crippen molar-refractivity contribution in [2.75, 3.05) is 18.5 Å². The highest BCUT2D eigenvalue weighted by Crippen LogP contribution is 2.17. The lowest BCUT2D eigenvalue weighted by Crippen LogP contribution is -2.41. The molecule has 3 aromatic rings. The molecule has 4 rings (SSSR count). The number of rotatable bonds is 6. The summed E-state index contributed by atoms with van der Waals surface area (Å²) >= 11 is 0. The summed E-state index contributed by atoms with van der Waals surface area (Å²) in [6.07, 6.45) is 2.68. The Hall–Kier alpha value is -3.61. The molecule has 1 amide bonds. The van der Waals surface area contributed by atoms with E-state index in [-0.39, 0.29) is 18.6 Å². The molecule has 1 aromatic heterocycles. The summed E-state index contributed by atoms with van der Waals surface area (Å²) in [4.78, 5) is 24.6. The van der Waals surface area contributed by atoms with Crippen molar-refractivity contribution in [3.05, 3.63) is 83.7 Å². The molecule has 0 fully saturated rings. The Bertz CT molecular complexity index is 986. The third kappa shape index (κ3) is 4.63. The summed E-state index contributed by atoms with van der Waals surface area (Å²) in [6, 6.07) is 18.6. The number of carbonyl (C=O) groups excluding carboxylic acids is 2. The maximum absolute atomic E-state index is 12.6. The number of hydrogen-bond acceptors (Lipinski definition) is 5. The first kappa shape index (κ1) is 18.7. The minimum absolute atomic E-state index is 0.0880. The summed E-state index contributed by atoms with van der Waals surface area (Å²) in [5.74, 6) is -0.683. The van der Waals surface area contributed by atoms with Crippen molar-refractivity contribution in [3.8, 4) is 0 Å². The van der Waals surface area contributed by atoms with E-state index >= 15 is 0 Å². The van der Waals surface area contributed by atoms with Crippen LogP contribution in [0.3, 0.4) is 0 Å². The van der Waals surface area contributed by atoms with Gasteiger partial charge in [0.1, 0.15) is 6.61 Å². The monoisotopic (exact) mass is 390 g/mol. The predicted octanol–water partition coefficient (Wildman–Crippen LogP) is 2.51. The first-order valence-corrected chi connectivity index (χ1v) is 9.57. The number of aromatic nitrogens is 2. The van der Waals surface area contributed by atoms with Crippen molar-refractivity contribution >= 4 is 17.6 Å². The molecule has 0 spiro atoms. The fourth-order valence-electron chi connectivity index (χ4n) is 3.19. The average molecular weight is 390 g/mol. The molecule has 0 aliphatic carbocycles. The van der Waals surface area contributed by atoms with Gasteiger partial charge in [-0.2, -0.15) is 5.10 Å². The molecule has 2 N–H and O–H groups in total. The van der Waals surface area contributed by atoms with Crippen LogP contribution in [0.15, 0.2) is 66.9 Å². The van der Waals surface area contributed by atoms with E-state index in [2.05, 4.69) is 27.9 Å². The van der Waals surface area contributed by atoms with Gasteiger partial charge in [0.15, 0.2) is 5.69 Å². The van der Waals surface area contributed by atoms with E-state index < -0.39 is 5.97 Å². The number of nitrogens with zero attached hydrogens (tertiary/aromatic N) is 2. The summed E-state index contributed by atoms with van der Waals surface area (Å²) < 4.78 is 7.12. The van der Waals surface area contributed by atoms with Gasteiger partial charge in [-0.05, 0) is 24.1 Å². The lowest BCUT2D eigenvalue weighted by Gasteiger charge is -2.16. The number of fused-ring (bicyclic) bond motifs is 1. The SMILES string of the molecule is O=C(OC[C@H]1CNc2cn(CCc3ccccc3)nc2C(=O)N1)c1ccccc1. The molecule has 0 saturated carbocycles. The van der Waals surface area contributed by atoms with E-state index in [4.69, 9.17) is 4.74 Å². The van der Waals surface area contributed by atoms with Gasteiger partial charge in [0.2, 0.25) is 0 Å². The average Bonchev–Trinajstić information content (AvgIpc) is 3.12. The minimum atomic E-state index is -0.409. The third-order valence-electron chi connectivity index (χ3n) is 4.75. The Kier molecular flexibility index (Phi) is 5.56. The van der Waals surface area contributed by atoms with E-state index in [1.54, 1.807) is 28.9 Å². The molecule has 29 heavy (non-hydrogen) atoms. The van der Waals surface area contributed by atoms with Gasteiger partial charge in [-0.25, -0.2) is 4.79 Å². The Balaban J connectivity index is 1.33. The summed E-state index contributed by atoms with van der Waals surface area (Å²) in [5, 5.41) is 10.5. The molecule has 1 aliphatic heterocycles. The lowest BCUT2D eigenvalue weighted by atomic mass is 10.1. The largest absolute Gasteiger partial charge is 0.460 e. The number of nitrogens with one attached hydrogen (secondary N) is 2. The number of esters is 1. The quantitative estimate of drug-likeness (QED) is 0.632. The van der Waals surface area contributed by atoms with Crippen LogP contribution in [-0.4, -0.2) is 40.9 Å². The molecule has 148 valence electrons. The van der Waals surface area contributed by atoms with Gasteiger partial charge in [-0.3, -0.25) is 9.48 Å². The second kappa shape index (κ2) is 8.60. The van der Waals surface area contributed by atoms with Gasteiger partial charge < -0.3 is 15.4 Å². The van der Waals surface area contributed by atoms with Crippen molar-refractivity contribution in [1.29, 1.82) is 0 Å². The van der Waals surface area contributed by atoms with E-state index in [0.717, 1.165) is 6.42 Å². The highest BCUT2D eigenvalue weighted by Gasteiger charge is 2.25. The van der Waals surface area contributed by atoms with Gasteiger partial charge in [0.25, 0.3) is 5.91 Å². The molecule has 0 saturated heterocycles. The van der Waals surface area contributed by atoms with Gasteiger partial charge >= 0.3 is 5.97 Å². The fourth-order valence-corrected chi connectivity index (χ4v) is 3.19. The molecule has 0 bridgehead atoms. The van der Waals surface area contributed by atoms with Crippen molar-refractivity contribution < 1.29 is 14.3 Å². The number of carbonyl (C=O) groups is 2. The zero-order valence-corrected chi connectivity index (χ0v) is 15.9. The second-order valence-electron chi connectivity index (χ2n) is 6.91. The van der Waals surface area contributed by atoms with Crippen molar-refractivity contribution in [3.63, 3.8) is 0 Å². The van der Waals surface area contributed by atoms with Crippen LogP contribution in [0.5, 0.6) is 0 Å². The van der Waals surface area contributed by atoms with Gasteiger partial charge in [0.05, 0.1) is 17.3 Å². The van der Waals surface area contributed by atoms with E-state index in [0.29, 0.717) is 30.0 Å². The van der Waals surface area contributed by atoms with Crippen LogP contribution < -0.4 is 10.6 Å². The van der Waals surface area contributed by atoms with E-state index in [1.165, 1.54) is 5.56 Å². The van der Waals surface area contributed by atoms with E-state index in [9.17, 15) is 9.59 Å². The predicted molar refractivity (Wildman–Crippen MR) is 109 cm³/mol. The number of anilines is 1. The van der Waals surface area contributed by atoms with Crippen LogP contribution in [0.4, 0.5) is 5.69 Å². The Morgan fingerprint density at radius 1 is 1.10 bits per heavy atom. The van der Waals surface area contributed by atoms with Gasteiger partial charge in [-0.15, -0.1) is 0 Å². The van der Waals surface area contributed by atoms with Gasteiger partial charge in [0, 0.05) is 19.3 Å². The highest BCUT2D eigenvalue weighted by molar-refractivity contribution is 5.98. The minimum Gasteiger partial charge on any atom is -0.460 e. The number of ether oxygens (including phenoxy) is 1. The molecular formula is C22H22N4O3. The smallest absolute Gasteiger partial charge is 0.338 e. The third-order valence-corrected chi connectivity index (χ3v) is 4.75. The molecule has 1 atom stereocenters. The normalized spacial score (nSPS) is 15.6. The number of amides is 1. The lowest BCUT2D eigenvalue weighted by molar-refractivity contribution is 0.0463. The molecule has 2 heterocycles. The standard InChI is InChI=1S/C22H22N4O3/c27-21-20-19(14-26(25-20)12-11-16-7-3-1-4-8-16)23-13-18(24-21)15-29-22(28)17-9-5-2-6-10-17/h1-10,14,18,23H,11-13,15H2,(H,24,27)/t18-/m1/s1. The van der Waals surface area contributed by atoms with Gasteiger partial charge in [-0.1, -0.05) is 48.5 Å². The summed E-state index contributed by atoms with van der Waals surface area (Å²) in [6.45, 7) is 1.22. The Morgan fingerprint density at radius 3 is 2.59 bits per heavy atom. The zero-order valence-electron chi connectivity index (χ0n) is 15.9. The van der Waals surface area contributed by atoms with Crippen LogP contribution in [0.1, 0.15) is 26.4 Å². The van der Waals surface area contributed by atoms with Crippen molar-refractivity contribution in [2.45, 2.75) is 19.0 Å². The summed E-state index contributed by atoms with van der Waals surface area (Å²) in [7, 11) is 0. The first-order chi connectivity index (χ1) is 14.2. The van der Waals surface area contributed by atoms with Crippen LogP contribution in [0.2, 0.25) is 0 Å². The maximum Gasteiger partial charge on any atom is 0.338 e. The molecule has 0 unspecified atom stereocenters. The Labute approximate surface area is 168 Å². The molecule has 0 radical (unpaired) electrons. The van der Waals surface area contributed by atoms with Crippen LogP contribution in [0.25, 0.3) is 0 Å². The highest BCUT2D eigenvalue weighted by atomic mass is 16.5. The topological polar surface area (TPSA) is 85.2 Å².